The molecular weight excluding hydrogens is 288 g/mol. The molecule has 0 radical (unpaired) electrons. The first-order chi connectivity index (χ1) is 11.3. The van der Waals surface area contributed by atoms with E-state index >= 15 is 0 Å². The molecule has 0 atom stereocenters. The van der Waals surface area contributed by atoms with Crippen molar-refractivity contribution in [3.8, 4) is 11.5 Å². The maximum atomic E-state index is 5.42. The van der Waals surface area contributed by atoms with Crippen molar-refractivity contribution in [3.63, 3.8) is 0 Å². The molecule has 23 heavy (non-hydrogen) atoms. The topological polar surface area (TPSA) is 50.0 Å². The van der Waals surface area contributed by atoms with Crippen molar-refractivity contribution in [2.75, 3.05) is 14.2 Å². The van der Waals surface area contributed by atoms with E-state index in [2.05, 4.69) is 34.4 Å². The van der Waals surface area contributed by atoms with Crippen LogP contribution in [-0.4, -0.2) is 24.2 Å². The predicted molar refractivity (Wildman–Crippen MR) is 92.5 cm³/mol. The Kier molecular flexibility index (Phi) is 3.23. The molecule has 2 aromatic carbocycles. The minimum absolute atomic E-state index is 0.824. The number of aromatic amines is 2. The molecule has 4 nitrogen and oxygen atoms in total. The van der Waals surface area contributed by atoms with Gasteiger partial charge in [-0.05, 0) is 35.9 Å². The van der Waals surface area contributed by atoms with Gasteiger partial charge in [0.15, 0.2) is 0 Å². The van der Waals surface area contributed by atoms with E-state index < -0.39 is 0 Å². The van der Waals surface area contributed by atoms with Crippen molar-refractivity contribution >= 4 is 21.8 Å². The average molecular weight is 306 g/mol. The fourth-order valence-electron chi connectivity index (χ4n) is 3.09. The Bertz CT molecular complexity index is 982. The number of nitrogens with one attached hydrogen (secondary N) is 2. The molecule has 0 saturated heterocycles. The van der Waals surface area contributed by atoms with E-state index in [1.165, 1.54) is 10.9 Å². The highest BCUT2D eigenvalue weighted by atomic mass is 16.5. The number of hydrogen-bond donors (Lipinski definition) is 2. The van der Waals surface area contributed by atoms with E-state index in [9.17, 15) is 0 Å². The Morgan fingerprint density at radius 3 is 2.74 bits per heavy atom. The maximum Gasteiger partial charge on any atom is 0.142 e. The summed E-state index contributed by atoms with van der Waals surface area (Å²) in [7, 11) is 3.39. The minimum Gasteiger partial charge on any atom is -0.497 e. The third-order valence-corrected chi connectivity index (χ3v) is 4.25. The molecule has 4 rings (SSSR count). The zero-order valence-corrected chi connectivity index (χ0v) is 13.1. The van der Waals surface area contributed by atoms with Gasteiger partial charge in [-0.1, -0.05) is 12.1 Å². The zero-order chi connectivity index (χ0) is 15.8. The van der Waals surface area contributed by atoms with Gasteiger partial charge in [-0.25, -0.2) is 0 Å². The van der Waals surface area contributed by atoms with Gasteiger partial charge in [0.2, 0.25) is 0 Å². The third kappa shape index (κ3) is 2.32. The van der Waals surface area contributed by atoms with Crippen LogP contribution in [0.25, 0.3) is 21.8 Å². The fourth-order valence-corrected chi connectivity index (χ4v) is 3.09. The predicted octanol–water partition coefficient (Wildman–Crippen LogP) is 4.26. The van der Waals surface area contributed by atoms with Gasteiger partial charge in [-0.3, -0.25) is 0 Å². The van der Waals surface area contributed by atoms with Crippen LogP contribution in [0.5, 0.6) is 11.5 Å². The van der Waals surface area contributed by atoms with Crippen LogP contribution in [0.15, 0.2) is 48.7 Å². The van der Waals surface area contributed by atoms with Crippen LogP contribution in [0.2, 0.25) is 0 Å². The van der Waals surface area contributed by atoms with Gasteiger partial charge in [0, 0.05) is 34.6 Å². The summed E-state index contributed by atoms with van der Waals surface area (Å²) in [5.41, 5.74) is 4.56. The van der Waals surface area contributed by atoms with Crippen LogP contribution >= 0.6 is 0 Å². The molecule has 0 aliphatic heterocycles. The summed E-state index contributed by atoms with van der Waals surface area (Å²) in [5.74, 6) is 1.74. The van der Waals surface area contributed by atoms with Crippen LogP contribution < -0.4 is 9.47 Å². The van der Waals surface area contributed by atoms with Crippen molar-refractivity contribution in [2.24, 2.45) is 0 Å². The second-order valence-electron chi connectivity index (χ2n) is 5.62. The molecule has 0 fully saturated rings. The monoisotopic (exact) mass is 306 g/mol. The molecule has 4 heteroatoms. The minimum atomic E-state index is 0.824. The number of methoxy groups -OCH3 is 2. The summed E-state index contributed by atoms with van der Waals surface area (Å²) in [5, 5.41) is 2.35. The Hall–Kier alpha value is -2.88. The van der Waals surface area contributed by atoms with Crippen molar-refractivity contribution < 1.29 is 9.47 Å². The number of para-hydroxylation sites is 1. The summed E-state index contributed by atoms with van der Waals surface area (Å²) in [6.45, 7) is 0. The molecule has 0 aliphatic rings. The number of H-pyrrole nitrogens is 2. The van der Waals surface area contributed by atoms with Crippen molar-refractivity contribution in [1.29, 1.82) is 0 Å². The fraction of sp³-hybridized carbons (Fsp3) is 0.158. The van der Waals surface area contributed by atoms with E-state index in [4.69, 9.17) is 9.47 Å². The lowest BCUT2D eigenvalue weighted by Crippen LogP contribution is -1.88. The van der Waals surface area contributed by atoms with Crippen LogP contribution in [0.1, 0.15) is 11.3 Å². The Balaban J connectivity index is 1.75. The molecule has 116 valence electrons. The summed E-state index contributed by atoms with van der Waals surface area (Å²) in [4.78, 5) is 6.80. The van der Waals surface area contributed by atoms with E-state index in [-0.39, 0.29) is 0 Å². The van der Waals surface area contributed by atoms with Crippen molar-refractivity contribution in [1.82, 2.24) is 9.97 Å². The molecule has 0 amide bonds. The molecule has 2 aromatic heterocycles. The number of hydrogen-bond acceptors (Lipinski definition) is 2. The first kappa shape index (κ1) is 13.8. The van der Waals surface area contributed by atoms with E-state index in [1.807, 2.05) is 24.3 Å². The summed E-state index contributed by atoms with van der Waals surface area (Å²) in [6, 6.07) is 14.3. The molecule has 0 unspecified atom stereocenters. The average Bonchev–Trinajstić information content (AvgIpc) is 3.18. The van der Waals surface area contributed by atoms with Crippen molar-refractivity contribution in [2.45, 2.75) is 6.42 Å². The Labute approximate surface area is 134 Å². The molecular formula is C19H18N2O2. The standard InChI is InChI=1S/C19H18N2O2/c1-22-15-6-7-17-16(10-15)13(11-20-17)9-14-8-12-4-3-5-18(23-2)19(12)21-14/h3-8,10-11,20-21H,9H2,1-2H3. The smallest absolute Gasteiger partial charge is 0.142 e. The van der Waals surface area contributed by atoms with Gasteiger partial charge < -0.3 is 19.4 Å². The number of ether oxygens (including phenoxy) is 2. The Morgan fingerprint density at radius 2 is 1.91 bits per heavy atom. The lowest BCUT2D eigenvalue weighted by atomic mass is 10.1. The third-order valence-electron chi connectivity index (χ3n) is 4.25. The SMILES string of the molecule is COc1ccc2[nH]cc(Cc3cc4cccc(OC)c4[nH]3)c2c1. The van der Waals surface area contributed by atoms with Gasteiger partial charge >= 0.3 is 0 Å². The first-order valence-corrected chi connectivity index (χ1v) is 7.57. The normalized spacial score (nSPS) is 11.2. The molecule has 0 bridgehead atoms. The number of fused-ring (bicyclic) bond motifs is 2. The van der Waals surface area contributed by atoms with Gasteiger partial charge in [0.1, 0.15) is 11.5 Å². The number of rotatable bonds is 4. The van der Waals surface area contributed by atoms with E-state index in [1.54, 1.807) is 14.2 Å². The van der Waals surface area contributed by atoms with E-state index in [0.29, 0.717) is 0 Å². The van der Waals surface area contributed by atoms with Crippen LogP contribution in [-0.2, 0) is 6.42 Å². The highest BCUT2D eigenvalue weighted by Gasteiger charge is 2.10. The second-order valence-corrected chi connectivity index (χ2v) is 5.62. The maximum absolute atomic E-state index is 5.42. The van der Waals surface area contributed by atoms with Crippen LogP contribution in [0, 0.1) is 0 Å². The van der Waals surface area contributed by atoms with Crippen molar-refractivity contribution in [3.05, 3.63) is 59.9 Å². The second kappa shape index (κ2) is 5.39. The molecule has 2 N–H and O–H groups in total. The lowest BCUT2D eigenvalue weighted by molar-refractivity contribution is 0.415. The molecule has 2 heterocycles. The number of benzene rings is 2. The molecule has 0 aliphatic carbocycles. The van der Waals surface area contributed by atoms with Crippen LogP contribution in [0.3, 0.4) is 0 Å². The molecule has 0 spiro atoms. The van der Waals surface area contributed by atoms with Gasteiger partial charge in [0.25, 0.3) is 0 Å². The lowest BCUT2D eigenvalue weighted by Gasteiger charge is -2.02. The highest BCUT2D eigenvalue weighted by molar-refractivity contribution is 5.87. The molecule has 4 aromatic rings. The Morgan fingerprint density at radius 1 is 1.00 bits per heavy atom. The quantitative estimate of drug-likeness (QED) is 0.592. The summed E-state index contributed by atoms with van der Waals surface area (Å²) < 4.78 is 10.8. The highest BCUT2D eigenvalue weighted by Crippen LogP contribution is 2.29. The number of aromatic nitrogens is 2. The van der Waals surface area contributed by atoms with Gasteiger partial charge in [-0.15, -0.1) is 0 Å². The first-order valence-electron chi connectivity index (χ1n) is 7.57. The largest absolute Gasteiger partial charge is 0.497 e. The van der Waals surface area contributed by atoms with E-state index in [0.717, 1.165) is 40.0 Å². The molecule has 0 saturated carbocycles. The zero-order valence-electron chi connectivity index (χ0n) is 13.1. The van der Waals surface area contributed by atoms with Crippen LogP contribution in [0.4, 0.5) is 0 Å². The van der Waals surface area contributed by atoms with Gasteiger partial charge in [-0.2, -0.15) is 0 Å². The summed E-state index contributed by atoms with van der Waals surface area (Å²) >= 11 is 0. The summed E-state index contributed by atoms with van der Waals surface area (Å²) in [6.07, 6.45) is 2.89. The van der Waals surface area contributed by atoms with Gasteiger partial charge in [0.05, 0.1) is 19.7 Å².